The second-order valence-corrected chi connectivity index (χ2v) is 50.1. The van der Waals surface area contributed by atoms with E-state index in [0.717, 1.165) is 39.8 Å². The van der Waals surface area contributed by atoms with Gasteiger partial charge in [0.1, 0.15) is 48.1 Å². The number of benzene rings is 4. The molecule has 0 aromatic heterocycles. The van der Waals surface area contributed by atoms with Gasteiger partial charge in [-0.25, -0.2) is 14.4 Å². The van der Waals surface area contributed by atoms with Crippen molar-refractivity contribution in [2.24, 2.45) is 23.7 Å². The monoisotopic (exact) mass is 2020 g/mol. The molecule has 9 amide bonds. The predicted molar refractivity (Wildman–Crippen MR) is 515 cm³/mol. The van der Waals surface area contributed by atoms with Crippen molar-refractivity contribution in [3.63, 3.8) is 0 Å². The summed E-state index contributed by atoms with van der Waals surface area (Å²) < 4.78 is 22.6. The molecule has 25 nitrogen and oxygen atoms in total. The molecule has 127 heavy (non-hydrogen) atoms. The van der Waals surface area contributed by atoms with E-state index in [9.17, 15) is 53.2 Å². The Labute approximate surface area is 787 Å². The van der Waals surface area contributed by atoms with E-state index in [4.69, 9.17) is 18.9 Å². The first kappa shape index (κ1) is 110. The molecular weight excluding hydrogens is 1870 g/mol. The molecule has 705 valence electrons. The third kappa shape index (κ3) is 39.6. The number of hydrogen-bond donors (Lipinski definition) is 8. The Morgan fingerprint density at radius 3 is 1.31 bits per heavy atom. The summed E-state index contributed by atoms with van der Waals surface area (Å²) >= 11 is 4.74. The van der Waals surface area contributed by atoms with Gasteiger partial charge in [-0.05, 0) is 226 Å². The molecule has 0 radical (unpaired) electrons. The predicted octanol–water partition coefficient (Wildman–Crippen LogP) is 18.3. The van der Waals surface area contributed by atoms with Crippen LogP contribution in [0.4, 0.5) is 14.4 Å². The molecular formula is C99H149I2N10O15V-. The van der Waals surface area contributed by atoms with Crippen molar-refractivity contribution in [3.8, 4) is 11.1 Å². The van der Waals surface area contributed by atoms with E-state index in [1.165, 1.54) is 5.06 Å². The summed E-state index contributed by atoms with van der Waals surface area (Å²) in [6, 6.07) is 31.7. The molecule has 3 saturated heterocycles. The summed E-state index contributed by atoms with van der Waals surface area (Å²) in [4.78, 5) is 138. The number of halogens is 2. The zero-order chi connectivity index (χ0) is 94.4. The Bertz CT molecular complexity index is 4090. The van der Waals surface area contributed by atoms with Crippen LogP contribution in [0.5, 0.6) is 0 Å². The summed E-state index contributed by atoms with van der Waals surface area (Å²) in [5.74, 6) is -2.72. The van der Waals surface area contributed by atoms with Crippen molar-refractivity contribution in [1.82, 2.24) is 52.1 Å². The summed E-state index contributed by atoms with van der Waals surface area (Å²) in [6.45, 7) is 41.2. The molecule has 0 spiro atoms. The minimum absolute atomic E-state index is 0.0375. The molecule has 3 aliphatic heterocycles. The maximum atomic E-state index is 14.5. The summed E-state index contributed by atoms with van der Waals surface area (Å²) in [5, 5.41) is 32.5. The minimum atomic E-state index is -0.826. The summed E-state index contributed by atoms with van der Waals surface area (Å²) in [6.07, 6.45) is 15.9. The number of ether oxygens (including phenoxy) is 4. The Hall–Kier alpha value is -7.58. The Kier molecular flexibility index (Phi) is 47.5. The van der Waals surface area contributed by atoms with Crippen molar-refractivity contribution < 1.29 is 81.6 Å². The van der Waals surface area contributed by atoms with Gasteiger partial charge in [0.15, 0.2) is 0 Å². The van der Waals surface area contributed by atoms with Crippen molar-refractivity contribution in [2.75, 3.05) is 26.2 Å². The molecule has 0 bridgehead atoms. The number of carbonyl (C=O) groups excluding carboxylic acids is 10. The molecule has 3 fully saturated rings. The Balaban J connectivity index is 0.000000425. The van der Waals surface area contributed by atoms with E-state index >= 15 is 0 Å². The van der Waals surface area contributed by atoms with Gasteiger partial charge in [-0.3, -0.25) is 33.6 Å². The number of hydroxylamine groups is 2. The number of amides is 9. The number of likely N-dealkylation sites (tertiary alicyclic amines) is 2. The van der Waals surface area contributed by atoms with Crippen molar-refractivity contribution in [3.05, 3.63) is 163 Å². The van der Waals surface area contributed by atoms with Crippen LogP contribution in [0.3, 0.4) is 0 Å². The third-order valence-electron chi connectivity index (χ3n) is 21.8. The van der Waals surface area contributed by atoms with Gasteiger partial charge in [-0.1, -0.05) is 181 Å². The summed E-state index contributed by atoms with van der Waals surface area (Å²) in [7, 11) is 0.628. The van der Waals surface area contributed by atoms with Gasteiger partial charge >= 0.3 is 73.7 Å². The molecule has 4 aromatic rings. The van der Waals surface area contributed by atoms with E-state index < -0.39 is 76.6 Å². The van der Waals surface area contributed by atoms with Gasteiger partial charge in [0.25, 0.3) is 0 Å². The van der Waals surface area contributed by atoms with Crippen molar-refractivity contribution in [2.45, 2.75) is 336 Å². The molecule has 8 N–H and O–H groups in total. The molecule has 0 unspecified atom stereocenters. The van der Waals surface area contributed by atoms with Crippen LogP contribution < -0.4 is 37.2 Å². The van der Waals surface area contributed by atoms with Crippen LogP contribution >= 0.6 is 40.0 Å². The van der Waals surface area contributed by atoms with Gasteiger partial charge < -0.3 is 78.1 Å². The molecule has 4 aliphatic rings. The van der Waals surface area contributed by atoms with Gasteiger partial charge in [0.05, 0.1) is 23.9 Å². The number of alkyl carbamates (subject to hydrolysis) is 3. The Morgan fingerprint density at radius 2 is 0.921 bits per heavy atom. The fraction of sp³-hybridized carbons (Fsp3) is 0.606. The van der Waals surface area contributed by atoms with E-state index in [-0.39, 0.29) is 102 Å². The first-order chi connectivity index (χ1) is 59.9. The fourth-order valence-corrected chi connectivity index (χ4v) is 16.5. The van der Waals surface area contributed by atoms with Gasteiger partial charge in [-0.15, -0.1) is 0 Å². The van der Waals surface area contributed by atoms with E-state index in [0.29, 0.717) is 138 Å². The normalized spacial score (nSPS) is 17.5. The first-order valence-electron chi connectivity index (χ1n) is 45.6. The number of rotatable bonds is 38. The van der Waals surface area contributed by atoms with E-state index in [1.807, 2.05) is 213 Å². The number of nitrogens with zero attached hydrogens (tertiary/aromatic N) is 3. The van der Waals surface area contributed by atoms with Crippen LogP contribution in [0.15, 0.2) is 133 Å². The number of piperidine rings is 1. The average Bonchev–Trinajstić information content (AvgIpc) is 1.31. The third-order valence-corrected chi connectivity index (χ3v) is 21.8. The molecule has 1 aliphatic carbocycles. The maximum absolute atomic E-state index is 14.5. The number of unbranched alkanes of at least 4 members (excludes halogenated alkanes) is 3. The molecule has 8 rings (SSSR count). The van der Waals surface area contributed by atoms with Crippen molar-refractivity contribution in [1.29, 1.82) is 0 Å². The number of carbonyl (C=O) groups is 10. The van der Waals surface area contributed by atoms with Crippen LogP contribution in [0.25, 0.3) is 11.1 Å². The molecule has 0 saturated carbocycles. The van der Waals surface area contributed by atoms with Crippen LogP contribution in [-0.4, -0.2) is 183 Å². The second kappa shape index (κ2) is 54.9. The molecule has 3 heterocycles. The van der Waals surface area contributed by atoms with Crippen LogP contribution in [0, 0.1) is 30.6 Å². The SMILES string of the molecule is CC(C)C[C@@H](/C=C/[C@H](Cc1ccccc1)C(=O)N1CCC[C@H]1C(=O)N[C@@H](CCCCCC(=O)OC1CC(C)(C)N(O)C(C)(C)C1)C(=O)NC(C)C)NC(=O)OC(C)(C)C.CC(C)C[C@@H](/C=C/[C@H](Cc1ccccc1)C(=O)N1CCC[C@H]1C(=O)N[C@@H](CCCCNC(=O)OCC1c2ccccc2-c2ccccc21)C(=O)NC(C)C)NC(=O)OC(C)(C)C.[CH2-]CC.[I][V][I]. The summed E-state index contributed by atoms with van der Waals surface area (Å²) in [5.41, 5.74) is 4.18. The van der Waals surface area contributed by atoms with Gasteiger partial charge in [0.2, 0.25) is 35.4 Å². The zero-order valence-corrected chi connectivity index (χ0v) is 84.7. The second-order valence-electron chi connectivity index (χ2n) is 38.3. The van der Waals surface area contributed by atoms with Crippen LogP contribution in [0.1, 0.15) is 269 Å². The van der Waals surface area contributed by atoms with Gasteiger partial charge in [0, 0.05) is 68.0 Å². The quantitative estimate of drug-likeness (QED) is 0.00516. The van der Waals surface area contributed by atoms with E-state index in [2.05, 4.69) is 136 Å². The fourth-order valence-electron chi connectivity index (χ4n) is 16.5. The number of fused-ring (bicyclic) bond motifs is 3. The molecule has 8 atom stereocenters. The first-order valence-corrected chi connectivity index (χ1v) is 54.7. The average molecular weight is 2020 g/mol. The standard InChI is InChI=1S/C50H67N5O7.C46H75N5O8.C3H7.2HI.V/c1-33(2)30-37(53-49(60)62-50(5,6)7)27-26-36(31-35-18-9-8-10-19-35)47(58)55-29-17-25-44(55)46(57)54-43(45(56)52-34(3)4)24-15-16-28-51-48(59)61-32-42-40-22-13-11-20-38(40)39-21-12-14-23-41(39)42;1-31(2)27-35(48-43(56)59-44(5,6)7)25-24-34(28-33-19-14-12-15-20-33)42(55)50-26-18-22-38(50)41(54)49-37(40(53)47-32(3)4)21-16-13-17-23-39(52)58-36-29-45(8,9)51(57)46(10,11)30-36;1-3-2;;;/h8-14,18-23,26-27,33-34,36-37,42-44H,15-17,24-25,28-32H2,1-7H3,(H,51,59)(H,52,56)(H,53,60)(H,54,57);12,14-15,19-20,24-25,31-32,34-38,57H,13,16-18,21-23,26-30H2,1-11H3,(H,47,53)(H,48,56)(H,49,54);1,3H2,2H3;2*1H;/q;;-1;;;+2/p-2/b27-26+;25-24+;;;;/t36-,37-,43+,44+;34-,35-,37+,38+;;;;/m11..../s1. The van der Waals surface area contributed by atoms with E-state index in [1.54, 1.807) is 9.80 Å². The van der Waals surface area contributed by atoms with Crippen LogP contribution in [0.2, 0.25) is 0 Å². The van der Waals surface area contributed by atoms with Gasteiger partial charge in [-0.2, -0.15) is 11.5 Å². The number of esters is 1. The topological polar surface area (TPSA) is 322 Å². The zero-order valence-electron chi connectivity index (χ0n) is 79.0. The number of hydrogen-bond acceptors (Lipinski definition) is 16. The van der Waals surface area contributed by atoms with Crippen LogP contribution in [-0.2, 0) is 74.8 Å². The molecule has 4 aromatic carbocycles. The Morgan fingerprint density at radius 1 is 0.535 bits per heavy atom. The van der Waals surface area contributed by atoms with Crippen molar-refractivity contribution >= 4 is 99.6 Å². The number of nitrogens with one attached hydrogen (secondary N) is 7. The molecule has 28 heteroatoms.